The number of fused-ring (bicyclic) bond motifs is 10. The van der Waals surface area contributed by atoms with Gasteiger partial charge < -0.3 is 4.57 Å². The molecule has 0 aliphatic carbocycles. The van der Waals surface area contributed by atoms with Crippen molar-refractivity contribution in [2.75, 3.05) is 0 Å². The fourth-order valence-electron chi connectivity index (χ4n) is 6.30. The fraction of sp³-hybridized carbons (Fsp3) is 0. The third kappa shape index (κ3) is 3.00. The molecule has 39 heavy (non-hydrogen) atoms. The normalized spacial score (nSPS) is 12.1. The first-order valence-corrected chi connectivity index (χ1v) is 14.8. The van der Waals surface area contributed by atoms with Gasteiger partial charge in [0.1, 0.15) is 0 Å². The van der Waals surface area contributed by atoms with E-state index in [0.29, 0.717) is 0 Å². The lowest BCUT2D eigenvalue weighted by Gasteiger charge is -2.11. The molecule has 0 spiro atoms. The van der Waals surface area contributed by atoms with Crippen molar-refractivity contribution in [3.05, 3.63) is 127 Å². The average molecular weight is 532 g/mol. The molecule has 0 saturated heterocycles. The molecule has 0 amide bonds. The zero-order chi connectivity index (χ0) is 25.5. The molecular weight excluding hydrogens is 511 g/mol. The van der Waals surface area contributed by atoms with Gasteiger partial charge in [-0.3, -0.25) is 0 Å². The van der Waals surface area contributed by atoms with Crippen molar-refractivity contribution in [3.8, 4) is 16.8 Å². The average Bonchev–Trinajstić information content (AvgIpc) is 3.66. The van der Waals surface area contributed by atoms with Gasteiger partial charge in [0.05, 0.1) is 15.7 Å². The highest BCUT2D eigenvalue weighted by Gasteiger charge is 2.18. The van der Waals surface area contributed by atoms with Crippen LogP contribution in [0.15, 0.2) is 127 Å². The SMILES string of the molecule is c1ccc2c(c1)sc1c2ccc2c3ccccc3n(-c3ccc(-c4cccc5sc6ccccc6c45)cc3)c21. The van der Waals surface area contributed by atoms with E-state index >= 15 is 0 Å². The van der Waals surface area contributed by atoms with E-state index in [9.17, 15) is 0 Å². The van der Waals surface area contributed by atoms with Crippen molar-refractivity contribution in [2.45, 2.75) is 0 Å². The lowest BCUT2D eigenvalue weighted by atomic mass is 9.99. The van der Waals surface area contributed by atoms with Crippen LogP contribution in [0.2, 0.25) is 0 Å². The minimum absolute atomic E-state index is 1.19. The van der Waals surface area contributed by atoms with Crippen molar-refractivity contribution in [2.24, 2.45) is 0 Å². The highest BCUT2D eigenvalue weighted by atomic mass is 32.1. The Hall–Kier alpha value is -4.44. The largest absolute Gasteiger partial charge is 0.308 e. The van der Waals surface area contributed by atoms with E-state index in [2.05, 4.69) is 132 Å². The summed E-state index contributed by atoms with van der Waals surface area (Å²) in [5, 5.41) is 7.97. The minimum atomic E-state index is 1.19. The van der Waals surface area contributed by atoms with Gasteiger partial charge in [-0.05, 0) is 47.5 Å². The molecule has 182 valence electrons. The summed E-state index contributed by atoms with van der Waals surface area (Å²) < 4.78 is 7.83. The van der Waals surface area contributed by atoms with Gasteiger partial charge >= 0.3 is 0 Å². The van der Waals surface area contributed by atoms with Crippen LogP contribution < -0.4 is 0 Å². The van der Waals surface area contributed by atoms with Gasteiger partial charge in [0.15, 0.2) is 0 Å². The quantitative estimate of drug-likeness (QED) is 0.209. The number of nitrogens with zero attached hydrogens (tertiary/aromatic N) is 1. The molecule has 6 aromatic carbocycles. The van der Waals surface area contributed by atoms with Crippen LogP contribution in [0.3, 0.4) is 0 Å². The first-order valence-electron chi connectivity index (χ1n) is 13.2. The zero-order valence-corrected chi connectivity index (χ0v) is 22.5. The van der Waals surface area contributed by atoms with E-state index in [0.717, 1.165) is 0 Å². The lowest BCUT2D eigenvalue weighted by Crippen LogP contribution is -1.94. The molecule has 0 atom stereocenters. The smallest absolute Gasteiger partial charge is 0.0719 e. The van der Waals surface area contributed by atoms with Crippen LogP contribution in [0.1, 0.15) is 0 Å². The third-order valence-electron chi connectivity index (χ3n) is 8.02. The summed E-state index contributed by atoms with van der Waals surface area (Å²) in [5.41, 5.74) is 6.29. The Labute approximate surface area is 232 Å². The van der Waals surface area contributed by atoms with E-state index < -0.39 is 0 Å². The third-order valence-corrected chi connectivity index (χ3v) is 10.3. The fourth-order valence-corrected chi connectivity index (χ4v) is 8.68. The summed E-state index contributed by atoms with van der Waals surface area (Å²) in [6, 6.07) is 46.8. The van der Waals surface area contributed by atoms with Crippen molar-refractivity contribution in [1.82, 2.24) is 4.57 Å². The molecular formula is C36H21NS2. The molecule has 0 N–H and O–H groups in total. The summed E-state index contributed by atoms with van der Waals surface area (Å²) in [6.45, 7) is 0. The summed E-state index contributed by atoms with van der Waals surface area (Å²) in [7, 11) is 0. The maximum absolute atomic E-state index is 2.47. The van der Waals surface area contributed by atoms with Gasteiger partial charge in [0.25, 0.3) is 0 Å². The van der Waals surface area contributed by atoms with Crippen LogP contribution >= 0.6 is 22.7 Å². The summed E-state index contributed by atoms with van der Waals surface area (Å²) >= 11 is 3.77. The highest BCUT2D eigenvalue weighted by molar-refractivity contribution is 7.26. The monoisotopic (exact) mass is 531 g/mol. The van der Waals surface area contributed by atoms with E-state index in [1.165, 1.54) is 79.0 Å². The van der Waals surface area contributed by atoms with Gasteiger partial charge in [-0.15, -0.1) is 22.7 Å². The topological polar surface area (TPSA) is 4.93 Å². The van der Waals surface area contributed by atoms with Crippen LogP contribution in [0.4, 0.5) is 0 Å². The van der Waals surface area contributed by atoms with Gasteiger partial charge in [-0.1, -0.05) is 91.0 Å². The van der Waals surface area contributed by atoms with E-state index in [1.54, 1.807) is 0 Å². The predicted octanol–water partition coefficient (Wildman–Crippen LogP) is 11.2. The molecule has 0 saturated carbocycles. The molecule has 3 heterocycles. The van der Waals surface area contributed by atoms with Crippen molar-refractivity contribution in [3.63, 3.8) is 0 Å². The molecule has 1 nitrogen and oxygen atoms in total. The number of aromatic nitrogens is 1. The Bertz CT molecular complexity index is 2380. The Morgan fingerprint density at radius 3 is 1.95 bits per heavy atom. The first-order chi connectivity index (χ1) is 19.3. The molecule has 9 aromatic rings. The van der Waals surface area contributed by atoms with Crippen LogP contribution in [0.5, 0.6) is 0 Å². The molecule has 0 fully saturated rings. The second-order valence-electron chi connectivity index (χ2n) is 10.1. The Balaban J connectivity index is 1.31. The lowest BCUT2D eigenvalue weighted by molar-refractivity contribution is 1.19. The van der Waals surface area contributed by atoms with Gasteiger partial charge in [-0.25, -0.2) is 0 Å². The first kappa shape index (κ1) is 21.5. The molecule has 0 aliphatic heterocycles. The van der Waals surface area contributed by atoms with E-state index in [4.69, 9.17) is 0 Å². The second kappa shape index (κ2) is 8.03. The van der Waals surface area contributed by atoms with Gasteiger partial charge in [-0.2, -0.15) is 0 Å². The second-order valence-corrected chi connectivity index (χ2v) is 12.2. The van der Waals surface area contributed by atoms with Crippen molar-refractivity contribution < 1.29 is 0 Å². The number of rotatable bonds is 2. The van der Waals surface area contributed by atoms with Crippen molar-refractivity contribution >= 4 is 84.8 Å². The summed E-state index contributed by atoms with van der Waals surface area (Å²) in [6.07, 6.45) is 0. The number of hydrogen-bond acceptors (Lipinski definition) is 2. The Morgan fingerprint density at radius 1 is 0.436 bits per heavy atom. The number of hydrogen-bond donors (Lipinski definition) is 0. The van der Waals surface area contributed by atoms with E-state index in [-0.39, 0.29) is 0 Å². The minimum Gasteiger partial charge on any atom is -0.308 e. The molecule has 9 rings (SSSR count). The summed E-state index contributed by atoms with van der Waals surface area (Å²) in [4.78, 5) is 0. The molecule has 3 aromatic heterocycles. The standard InChI is InChI=1S/C36H21NS2/c1-4-12-30-25(8-1)27-20-21-28-26-9-2-5-13-31(26)39-36(28)35(27)37(30)23-18-16-22(17-19-23)24-11-7-15-33-34(24)29-10-3-6-14-32(29)38-33/h1-21H. The maximum atomic E-state index is 2.47. The predicted molar refractivity (Wildman–Crippen MR) is 172 cm³/mol. The van der Waals surface area contributed by atoms with Crippen molar-refractivity contribution in [1.29, 1.82) is 0 Å². The van der Waals surface area contributed by atoms with Crippen LogP contribution in [0, 0.1) is 0 Å². The number of thiophene rings is 2. The number of para-hydroxylation sites is 1. The van der Waals surface area contributed by atoms with Crippen LogP contribution in [-0.4, -0.2) is 4.57 Å². The van der Waals surface area contributed by atoms with Crippen LogP contribution in [-0.2, 0) is 0 Å². The summed E-state index contributed by atoms with van der Waals surface area (Å²) in [5.74, 6) is 0. The molecule has 3 heteroatoms. The Morgan fingerprint density at radius 2 is 1.10 bits per heavy atom. The van der Waals surface area contributed by atoms with Gasteiger partial charge in [0.2, 0.25) is 0 Å². The van der Waals surface area contributed by atoms with Crippen LogP contribution in [0.25, 0.3) is 79.0 Å². The zero-order valence-electron chi connectivity index (χ0n) is 20.9. The Kier molecular flexibility index (Phi) is 4.43. The number of benzene rings is 6. The highest BCUT2D eigenvalue weighted by Crippen LogP contribution is 2.44. The molecule has 0 aliphatic rings. The van der Waals surface area contributed by atoms with Gasteiger partial charge in [0, 0.05) is 52.1 Å². The van der Waals surface area contributed by atoms with E-state index in [1.807, 2.05) is 22.7 Å². The molecule has 0 bridgehead atoms. The molecule has 0 unspecified atom stereocenters. The molecule has 0 radical (unpaired) electrons. The maximum Gasteiger partial charge on any atom is 0.0719 e.